The normalized spacial score (nSPS) is 16.4. The van der Waals surface area contributed by atoms with Gasteiger partial charge in [0.1, 0.15) is 6.04 Å². The molecule has 0 aromatic heterocycles. The van der Waals surface area contributed by atoms with Crippen molar-refractivity contribution < 1.29 is 22.9 Å². The van der Waals surface area contributed by atoms with Crippen molar-refractivity contribution in [2.45, 2.75) is 78.3 Å². The predicted octanol–water partition coefficient (Wildman–Crippen LogP) is 4.00. The lowest BCUT2D eigenvalue weighted by molar-refractivity contribution is -0.140. The Morgan fingerprint density at radius 2 is 1.71 bits per heavy atom. The second-order valence-electron chi connectivity index (χ2n) is 8.85. The first-order valence-electron chi connectivity index (χ1n) is 9.79. The van der Waals surface area contributed by atoms with E-state index in [1.54, 1.807) is 0 Å². The van der Waals surface area contributed by atoms with Crippen molar-refractivity contribution in [3.63, 3.8) is 0 Å². The fourth-order valence-corrected chi connectivity index (χ4v) is 3.28. The molecule has 2 rings (SSSR count). The Hall–Kier alpha value is -1.44. The minimum absolute atomic E-state index is 0.0586. The summed E-state index contributed by atoms with van der Waals surface area (Å²) >= 11 is 0. The topological polar surface area (TPSA) is 104 Å². The lowest BCUT2D eigenvalue weighted by Crippen LogP contribution is -2.39. The maximum absolute atomic E-state index is 11.6. The van der Waals surface area contributed by atoms with Gasteiger partial charge in [-0.25, -0.2) is 0 Å². The molecule has 0 radical (unpaired) electrons. The highest BCUT2D eigenvalue weighted by atomic mass is 32.2. The van der Waals surface area contributed by atoms with Crippen LogP contribution in [0.4, 0.5) is 0 Å². The van der Waals surface area contributed by atoms with Crippen LogP contribution >= 0.6 is 0 Å². The molecule has 0 amide bonds. The number of carbonyl (C=O) groups is 1. The van der Waals surface area contributed by atoms with Gasteiger partial charge in [0.2, 0.25) is 0 Å². The van der Waals surface area contributed by atoms with Crippen LogP contribution in [0.5, 0.6) is 0 Å². The Morgan fingerprint density at radius 3 is 2.21 bits per heavy atom. The highest BCUT2D eigenvalue weighted by molar-refractivity contribution is 7.85. The first kappa shape index (κ1) is 24.6. The van der Waals surface area contributed by atoms with Gasteiger partial charge in [-0.05, 0) is 67.6 Å². The molecule has 28 heavy (non-hydrogen) atoms. The molecule has 1 aliphatic rings. The minimum Gasteiger partial charge on any atom is -0.480 e. The Balaban J connectivity index is 0.000000696. The second-order valence-corrected chi connectivity index (χ2v) is 10.3. The van der Waals surface area contributed by atoms with E-state index in [0.717, 1.165) is 12.8 Å². The molecule has 0 spiro atoms. The molecule has 1 aliphatic carbocycles. The zero-order valence-corrected chi connectivity index (χ0v) is 18.5. The zero-order chi connectivity index (χ0) is 21.5. The minimum atomic E-state index is -3.67. The molecule has 0 aliphatic heterocycles. The number of carboxylic acid groups (broad SMARTS) is 1. The molecule has 0 saturated carbocycles. The average Bonchev–Trinajstić information content (AvgIpc) is 2.55. The van der Waals surface area contributed by atoms with Gasteiger partial charge in [-0.1, -0.05) is 39.0 Å². The van der Waals surface area contributed by atoms with Crippen LogP contribution in [0.2, 0.25) is 0 Å². The standard InChI is InChI=1S/C20H31NO2.CH4O3S/c1-14(21-18(19(22)23)11-12-20(2,3)4)16-10-9-15-7-5-6-8-17(15)13-16;1-5(2,3)4/h9-10,13-14,18,21H,5-8,11-12H2,1-4H3,(H,22,23);1H3,(H,2,3,4). The number of carboxylic acids is 1. The van der Waals surface area contributed by atoms with Gasteiger partial charge in [-0.15, -0.1) is 0 Å². The summed E-state index contributed by atoms with van der Waals surface area (Å²) in [6.45, 7) is 8.52. The van der Waals surface area contributed by atoms with E-state index in [0.29, 0.717) is 12.7 Å². The van der Waals surface area contributed by atoms with E-state index >= 15 is 0 Å². The highest BCUT2D eigenvalue weighted by Gasteiger charge is 2.23. The quantitative estimate of drug-likeness (QED) is 0.609. The third-order valence-corrected chi connectivity index (χ3v) is 4.80. The average molecular weight is 414 g/mol. The van der Waals surface area contributed by atoms with Crippen molar-refractivity contribution >= 4 is 16.1 Å². The van der Waals surface area contributed by atoms with Crippen LogP contribution in [0.25, 0.3) is 0 Å². The SMILES string of the molecule is CC(NC(CCC(C)(C)C)C(=O)O)c1ccc2c(c1)CCCC2.CS(=O)(=O)O. The molecule has 2 unspecified atom stereocenters. The number of hydrogen-bond donors (Lipinski definition) is 3. The van der Waals surface area contributed by atoms with Crippen LogP contribution in [0.3, 0.4) is 0 Å². The Morgan fingerprint density at radius 1 is 1.18 bits per heavy atom. The van der Waals surface area contributed by atoms with Gasteiger partial charge in [0.05, 0.1) is 6.26 Å². The fraction of sp³-hybridized carbons (Fsp3) is 0.667. The monoisotopic (exact) mass is 413 g/mol. The number of nitrogens with one attached hydrogen (secondary N) is 1. The maximum atomic E-state index is 11.6. The zero-order valence-electron chi connectivity index (χ0n) is 17.7. The predicted molar refractivity (Wildman–Crippen MR) is 112 cm³/mol. The summed E-state index contributed by atoms with van der Waals surface area (Å²) in [6.07, 6.45) is 7.16. The van der Waals surface area contributed by atoms with Gasteiger partial charge in [0.25, 0.3) is 10.1 Å². The van der Waals surface area contributed by atoms with Gasteiger partial charge in [0, 0.05) is 6.04 Å². The van der Waals surface area contributed by atoms with E-state index in [-0.39, 0.29) is 11.5 Å². The first-order chi connectivity index (χ1) is 12.8. The Labute approximate surface area is 169 Å². The number of rotatable bonds is 6. The molecule has 3 N–H and O–H groups in total. The first-order valence-corrected chi connectivity index (χ1v) is 11.6. The van der Waals surface area contributed by atoms with Crippen LogP contribution in [-0.2, 0) is 27.8 Å². The van der Waals surface area contributed by atoms with Gasteiger partial charge in [-0.2, -0.15) is 8.42 Å². The molecule has 0 heterocycles. The second kappa shape index (κ2) is 10.4. The van der Waals surface area contributed by atoms with Crippen LogP contribution in [0, 0.1) is 5.41 Å². The summed E-state index contributed by atoms with van der Waals surface area (Å²) in [6, 6.07) is 6.23. The van der Waals surface area contributed by atoms with Gasteiger partial charge < -0.3 is 5.11 Å². The van der Waals surface area contributed by atoms with Crippen molar-refractivity contribution in [2.75, 3.05) is 6.26 Å². The van der Waals surface area contributed by atoms with Gasteiger partial charge >= 0.3 is 5.97 Å². The molecule has 7 heteroatoms. The number of benzene rings is 1. The summed E-state index contributed by atoms with van der Waals surface area (Å²) in [7, 11) is -3.67. The molecular formula is C21H35NO5S. The lowest BCUT2D eigenvalue weighted by Gasteiger charge is -2.25. The molecule has 0 bridgehead atoms. The van der Waals surface area contributed by atoms with Crippen LogP contribution in [0.15, 0.2) is 18.2 Å². The maximum Gasteiger partial charge on any atom is 0.320 e. The van der Waals surface area contributed by atoms with E-state index in [1.165, 1.54) is 36.0 Å². The highest BCUT2D eigenvalue weighted by Crippen LogP contribution is 2.26. The largest absolute Gasteiger partial charge is 0.480 e. The number of hydrogen-bond acceptors (Lipinski definition) is 4. The van der Waals surface area contributed by atoms with Crippen LogP contribution in [0.1, 0.15) is 76.1 Å². The van der Waals surface area contributed by atoms with Crippen molar-refractivity contribution in [3.8, 4) is 0 Å². The summed E-state index contributed by atoms with van der Waals surface area (Å²) < 4.78 is 25.9. The van der Waals surface area contributed by atoms with E-state index in [9.17, 15) is 18.3 Å². The van der Waals surface area contributed by atoms with Crippen molar-refractivity contribution in [1.29, 1.82) is 0 Å². The summed E-state index contributed by atoms with van der Waals surface area (Å²) in [5, 5.41) is 12.8. The Kier molecular flexibility index (Phi) is 9.11. The molecule has 2 atom stereocenters. The van der Waals surface area contributed by atoms with Crippen molar-refractivity contribution in [1.82, 2.24) is 5.32 Å². The fourth-order valence-electron chi connectivity index (χ4n) is 3.28. The van der Waals surface area contributed by atoms with Gasteiger partial charge in [0.15, 0.2) is 0 Å². The van der Waals surface area contributed by atoms with E-state index in [1.807, 2.05) is 0 Å². The smallest absolute Gasteiger partial charge is 0.320 e. The van der Waals surface area contributed by atoms with E-state index in [4.69, 9.17) is 4.55 Å². The third-order valence-electron chi connectivity index (χ3n) is 4.80. The summed E-state index contributed by atoms with van der Waals surface area (Å²) in [5.74, 6) is -0.751. The molecule has 1 aromatic carbocycles. The molecule has 6 nitrogen and oxygen atoms in total. The van der Waals surface area contributed by atoms with E-state index < -0.39 is 22.1 Å². The van der Waals surface area contributed by atoms with Crippen LogP contribution in [-0.4, -0.2) is 36.3 Å². The van der Waals surface area contributed by atoms with Gasteiger partial charge in [-0.3, -0.25) is 14.7 Å². The van der Waals surface area contributed by atoms with Crippen molar-refractivity contribution in [3.05, 3.63) is 34.9 Å². The summed E-state index contributed by atoms with van der Waals surface area (Å²) in [4.78, 5) is 11.6. The molecule has 160 valence electrons. The summed E-state index contributed by atoms with van der Waals surface area (Å²) in [5.41, 5.74) is 4.27. The van der Waals surface area contributed by atoms with Crippen LogP contribution < -0.4 is 5.32 Å². The lowest BCUT2D eigenvalue weighted by atomic mass is 9.88. The number of fused-ring (bicyclic) bond motifs is 1. The van der Waals surface area contributed by atoms with Crippen molar-refractivity contribution in [2.24, 2.45) is 5.41 Å². The molecule has 0 fully saturated rings. The third kappa shape index (κ3) is 10.2. The number of aryl methyl sites for hydroxylation is 2. The Bertz CT molecular complexity index is 745. The number of aliphatic carboxylic acids is 1. The molecule has 1 aromatic rings. The van der Waals surface area contributed by atoms with E-state index in [2.05, 4.69) is 51.2 Å². The molecular weight excluding hydrogens is 378 g/mol. The molecule has 0 saturated heterocycles.